The molecule has 0 unspecified atom stereocenters. The number of rotatable bonds is 32. The van der Waals surface area contributed by atoms with Gasteiger partial charge in [-0.1, -0.05) is 63.6 Å². The number of fused-ring (bicyclic) bond motifs is 4. The van der Waals surface area contributed by atoms with Gasteiger partial charge in [-0.2, -0.15) is 59.7 Å². The monoisotopic (exact) mass is 1860 g/mol. The fraction of sp³-hybridized carbons (Fsp3) is 0.436. The minimum Gasteiger partial charge on any atom is -0.744 e. The minimum atomic E-state index is -4.81. The topological polar surface area (TPSA) is 566 Å². The Morgan fingerprint density at radius 2 is 0.818 bits per heavy atom. The average molecular weight is 1860 g/mol. The van der Waals surface area contributed by atoms with Gasteiger partial charge in [0.05, 0.1) is 66.3 Å². The second-order valence-electron chi connectivity index (χ2n) is 31.6. The largest absolute Gasteiger partial charge is 0.744 e. The fourth-order valence-corrected chi connectivity index (χ4v) is 20.0. The molecule has 43 heteroatoms. The molecule has 121 heavy (non-hydrogen) atoms. The number of nitrogens with two attached hydrogens (primary N) is 1. The van der Waals surface area contributed by atoms with Gasteiger partial charge in [0.1, 0.15) is 33.3 Å². The Labute approximate surface area is 711 Å². The molecule has 0 radical (unpaired) electrons. The number of benzene rings is 4. The third-order valence-corrected chi connectivity index (χ3v) is 28.6. The van der Waals surface area contributed by atoms with Gasteiger partial charge in [-0.3, -0.25) is 36.9 Å². The SMILES string of the molecule is CC1(C)C(/C=C/C2=C(Cl)C(=C/C=C3\N(CCCS(=O)(=O)O)c4ccc(S(=O)(=O)O)cc4C3(C)C)/CCC2)=[N+](CCCS(=O)(=O)O)c2ccc(S(=O)(=O)[O-])cc21.CC1(C)C(/C=C/C2=C(NCCC(=O)O)C(=C/C=C3\N(CCCS(=O)(=O)O)c4ccc(S(=O)(=O)O)cc4C3(C)C)/CCC2)=[N+](CCCS(=O)(=O)O)c2ccc(S(=O)(=O)[O-])cc21.NCCC(=O)O. The molecular weight excluding hydrogens is 1760 g/mol. The van der Waals surface area contributed by atoms with Crippen LogP contribution in [0.5, 0.6) is 0 Å². The molecule has 0 bridgehead atoms. The van der Waals surface area contributed by atoms with E-state index >= 15 is 0 Å². The highest BCUT2D eigenvalue weighted by Gasteiger charge is 2.48. The Kier molecular flexibility index (Phi) is 30.8. The van der Waals surface area contributed by atoms with Crippen molar-refractivity contribution >= 4 is 139 Å². The maximum Gasteiger partial charge on any atom is 0.305 e. The van der Waals surface area contributed by atoms with Crippen LogP contribution < -0.4 is 20.9 Å². The highest BCUT2D eigenvalue weighted by Crippen LogP contribution is 2.52. The first-order valence-corrected chi connectivity index (χ1v) is 50.4. The predicted molar refractivity (Wildman–Crippen MR) is 452 cm³/mol. The Morgan fingerprint density at radius 1 is 0.463 bits per heavy atom. The number of halogens is 1. The van der Waals surface area contributed by atoms with Crippen molar-refractivity contribution in [1.82, 2.24) is 5.32 Å². The molecule has 0 fully saturated rings. The third kappa shape index (κ3) is 25.0. The van der Waals surface area contributed by atoms with Crippen LogP contribution in [0.3, 0.4) is 0 Å². The molecule has 0 saturated heterocycles. The first kappa shape index (κ1) is 98.4. The quantitative estimate of drug-likeness (QED) is 0.0161. The smallest absolute Gasteiger partial charge is 0.305 e. The molecular formula is C78H99ClN6O28S8. The maximum atomic E-state index is 12.1. The number of aliphatic carboxylic acids is 2. The summed E-state index contributed by atoms with van der Waals surface area (Å²) in [5.41, 5.74) is 12.5. The molecule has 11 N–H and O–H groups in total. The van der Waals surface area contributed by atoms with E-state index in [9.17, 15) is 118 Å². The molecule has 0 amide bonds. The number of carboxylic acids is 2. The number of carbonyl (C=O) groups is 2. The molecule has 0 aromatic heterocycles. The molecule has 34 nitrogen and oxygen atoms in total. The van der Waals surface area contributed by atoms with Gasteiger partial charge in [0, 0.05) is 119 Å². The number of carboxylic acid groups (broad SMARTS) is 2. The van der Waals surface area contributed by atoms with E-state index in [1.54, 1.807) is 6.07 Å². The van der Waals surface area contributed by atoms with Crippen LogP contribution in [-0.4, -0.2) is 209 Å². The molecule has 4 aromatic carbocycles. The number of nitrogens with one attached hydrogen (secondary N) is 1. The lowest BCUT2D eigenvalue weighted by Crippen LogP contribution is -2.28. The van der Waals surface area contributed by atoms with Crippen molar-refractivity contribution < 1.29 is 133 Å². The number of anilines is 2. The van der Waals surface area contributed by atoms with Crippen molar-refractivity contribution in [1.29, 1.82) is 0 Å². The summed E-state index contributed by atoms with van der Waals surface area (Å²) < 4.78 is 273. The number of nitrogens with zero attached hydrogens (tertiary/aromatic N) is 4. The molecule has 664 valence electrons. The Hall–Kier alpha value is -7.99. The summed E-state index contributed by atoms with van der Waals surface area (Å²) in [5, 5.41) is 21.1. The summed E-state index contributed by atoms with van der Waals surface area (Å²) in [6, 6.07) is 16.4. The van der Waals surface area contributed by atoms with Crippen LogP contribution >= 0.6 is 11.6 Å². The summed E-state index contributed by atoms with van der Waals surface area (Å²) in [6.45, 7) is 15.7. The van der Waals surface area contributed by atoms with E-state index in [0.29, 0.717) is 111 Å². The van der Waals surface area contributed by atoms with Crippen molar-refractivity contribution in [2.24, 2.45) is 5.73 Å². The van der Waals surface area contributed by atoms with Crippen molar-refractivity contribution in [3.05, 3.63) is 188 Å². The van der Waals surface area contributed by atoms with Gasteiger partial charge in [-0.25, -0.2) is 16.8 Å². The molecule has 4 aromatic rings. The summed E-state index contributed by atoms with van der Waals surface area (Å²) in [6.07, 6.45) is 18.5. The second kappa shape index (κ2) is 37.8. The number of allylic oxidation sites excluding steroid dienone is 15. The zero-order valence-corrected chi connectivity index (χ0v) is 74.6. The summed E-state index contributed by atoms with van der Waals surface area (Å²) >= 11 is 7.03. The van der Waals surface area contributed by atoms with E-state index in [1.807, 2.05) is 123 Å². The van der Waals surface area contributed by atoms with Gasteiger partial charge < -0.3 is 40.2 Å². The summed E-state index contributed by atoms with van der Waals surface area (Å²) in [5.74, 6) is -3.90. The van der Waals surface area contributed by atoms with Gasteiger partial charge in [-0.05, 0) is 185 Å². The van der Waals surface area contributed by atoms with E-state index in [1.165, 1.54) is 66.7 Å². The second-order valence-corrected chi connectivity index (χ2v) is 43.9. The van der Waals surface area contributed by atoms with Crippen molar-refractivity contribution in [2.45, 2.75) is 174 Å². The molecule has 0 saturated carbocycles. The van der Waals surface area contributed by atoms with Gasteiger partial charge in [-0.15, -0.1) is 0 Å². The van der Waals surface area contributed by atoms with E-state index in [4.69, 9.17) is 22.4 Å². The minimum absolute atomic E-state index is 0.0176. The van der Waals surface area contributed by atoms with Gasteiger partial charge in [0.25, 0.3) is 60.7 Å². The molecule has 10 rings (SSSR count). The van der Waals surface area contributed by atoms with Crippen LogP contribution in [0.25, 0.3) is 0 Å². The Bertz CT molecular complexity index is 6120. The van der Waals surface area contributed by atoms with Crippen LogP contribution in [0.15, 0.2) is 185 Å². The lowest BCUT2D eigenvalue weighted by molar-refractivity contribution is -0.437. The van der Waals surface area contributed by atoms with Gasteiger partial charge >= 0.3 is 11.9 Å². The molecule has 6 aliphatic rings. The molecule has 2 aliphatic carbocycles. The molecule has 4 heterocycles. The van der Waals surface area contributed by atoms with Crippen molar-refractivity contribution in [3.63, 3.8) is 0 Å². The van der Waals surface area contributed by atoms with E-state index in [2.05, 4.69) is 5.32 Å². The zero-order valence-electron chi connectivity index (χ0n) is 67.4. The normalized spacial score (nSPS) is 19.3. The van der Waals surface area contributed by atoms with Crippen LogP contribution in [-0.2, 0) is 112 Å². The lowest BCUT2D eigenvalue weighted by atomic mass is 9.81. The highest BCUT2D eigenvalue weighted by atomic mass is 35.5. The standard InChI is InChI=1S/C39H49N3O14S4.C36H43ClN2O12S4.C3H7NO2/c1-38(2)30-24-28(59(51,52)53)12-14-32(30)41(20-6-22-57(45,46)47)34(38)16-10-26-8-5-9-27(37(26)40-19-18-36(43)44)11-17-35-39(3,4)31-25-29(60(54,55)56)13-15-33(31)42(35)21-7-23-58(48,49)50;1-35(2)28-22-26(54(46,47)48)12-14-30(28)38(18-6-20-52(40,41)42)32(35)16-10-24-8-5-9-25(34(24)37)11-17-33-36(3,4)29-23-27(55(49,50)51)13-15-31(29)39(33)19-7-21-53(43,44)45;4-2-1-3(5)6/h10-17,24-25H,5-9,18-23H2,1-4H3,(H5,43,44,45,46,47,48,49,50,51,52,53,54,55,56);10-17,22-23H,5-9,18-21H2,1-4H3,(H3-,40,41,42,43,44,45,46,47,48,49,50,51);1-2,4H2,(H,5,6)/b26-10+,34-16-;;. The summed E-state index contributed by atoms with van der Waals surface area (Å²) in [7, 11) is -35.7. The lowest BCUT2D eigenvalue weighted by Gasteiger charge is -2.27. The molecule has 0 spiro atoms. The molecule has 4 aliphatic heterocycles. The fourth-order valence-electron chi connectivity index (χ4n) is 15.7. The number of hydrogen-bond acceptors (Lipinski definition) is 24. The first-order valence-electron chi connectivity index (χ1n) is 37.9. The van der Waals surface area contributed by atoms with E-state index < -0.39 is 147 Å². The Balaban J connectivity index is 0.000000283. The average Bonchev–Trinajstić information content (AvgIpc) is 1.60. The number of hydrogen-bond donors (Lipinski definition) is 10. The Morgan fingerprint density at radius 3 is 1.18 bits per heavy atom. The van der Waals surface area contributed by atoms with Crippen LogP contribution in [0.2, 0.25) is 0 Å². The van der Waals surface area contributed by atoms with Crippen molar-refractivity contribution in [3.8, 4) is 0 Å². The third-order valence-electron chi connectivity index (χ3n) is 21.5. The van der Waals surface area contributed by atoms with Gasteiger partial charge in [0.2, 0.25) is 11.4 Å². The van der Waals surface area contributed by atoms with Crippen molar-refractivity contribution in [2.75, 3.05) is 72.1 Å². The van der Waals surface area contributed by atoms with Gasteiger partial charge in [0.15, 0.2) is 11.4 Å². The highest BCUT2D eigenvalue weighted by molar-refractivity contribution is 7.87. The predicted octanol–water partition coefficient (Wildman–Crippen LogP) is 9.47. The molecule has 0 atom stereocenters. The first-order chi connectivity index (χ1) is 55.6. The summed E-state index contributed by atoms with van der Waals surface area (Å²) in [4.78, 5) is 23.3. The maximum absolute atomic E-state index is 12.1. The van der Waals surface area contributed by atoms with Crippen LogP contribution in [0.4, 0.5) is 22.7 Å². The zero-order chi connectivity index (χ0) is 90.6. The van der Waals surface area contributed by atoms with Crippen LogP contribution in [0, 0.1) is 0 Å². The van der Waals surface area contributed by atoms with E-state index in [-0.39, 0.29) is 87.6 Å². The van der Waals surface area contributed by atoms with E-state index in [0.717, 1.165) is 28.7 Å². The van der Waals surface area contributed by atoms with Crippen LogP contribution in [0.1, 0.15) is 155 Å².